The molecule has 0 saturated carbocycles. The SMILES string of the molecule is COc1ccc(NC(=O)CSc2nc3c(c(=O)n2-c2cc(OC)ccc2OC)SCC3)cc1. The smallest absolute Gasteiger partial charge is 0.272 e. The topological polar surface area (TPSA) is 91.7 Å². The number of hydrogen-bond donors (Lipinski definition) is 1. The molecule has 0 bridgehead atoms. The fraction of sp³-hybridized carbons (Fsp3) is 0.261. The Balaban J connectivity index is 1.65. The van der Waals surface area contributed by atoms with Gasteiger partial charge in [0, 0.05) is 23.9 Å². The highest BCUT2D eigenvalue weighted by Gasteiger charge is 2.24. The lowest BCUT2D eigenvalue weighted by molar-refractivity contribution is -0.113. The Kier molecular flexibility index (Phi) is 7.14. The Morgan fingerprint density at radius 3 is 2.52 bits per heavy atom. The first-order valence-corrected chi connectivity index (χ1v) is 12.1. The molecule has 0 unspecified atom stereocenters. The summed E-state index contributed by atoms with van der Waals surface area (Å²) in [6, 6.07) is 12.3. The molecule has 10 heteroatoms. The Morgan fingerprint density at radius 2 is 1.82 bits per heavy atom. The van der Waals surface area contributed by atoms with Gasteiger partial charge in [-0.15, -0.1) is 11.8 Å². The van der Waals surface area contributed by atoms with Gasteiger partial charge in [0.25, 0.3) is 5.56 Å². The summed E-state index contributed by atoms with van der Waals surface area (Å²) in [5, 5.41) is 3.28. The molecule has 0 atom stereocenters. The van der Waals surface area contributed by atoms with Crippen LogP contribution in [0.2, 0.25) is 0 Å². The Bertz CT molecular complexity index is 1230. The first-order chi connectivity index (χ1) is 16.0. The molecule has 0 radical (unpaired) electrons. The summed E-state index contributed by atoms with van der Waals surface area (Å²) in [5.41, 5.74) is 1.77. The van der Waals surface area contributed by atoms with E-state index in [4.69, 9.17) is 19.2 Å². The highest BCUT2D eigenvalue weighted by molar-refractivity contribution is 8.00. The minimum absolute atomic E-state index is 0.0800. The number of ether oxygens (including phenoxy) is 3. The summed E-state index contributed by atoms with van der Waals surface area (Å²) in [6.45, 7) is 0. The maximum Gasteiger partial charge on any atom is 0.272 e. The molecule has 0 fully saturated rings. The Labute approximate surface area is 199 Å². The third-order valence-corrected chi connectivity index (χ3v) is 7.05. The fourth-order valence-corrected chi connectivity index (χ4v) is 5.22. The third kappa shape index (κ3) is 4.96. The number of methoxy groups -OCH3 is 3. The number of rotatable bonds is 8. The Morgan fingerprint density at radius 1 is 1.09 bits per heavy atom. The van der Waals surface area contributed by atoms with Gasteiger partial charge in [0.15, 0.2) is 5.16 Å². The second-order valence-electron chi connectivity index (χ2n) is 7.01. The van der Waals surface area contributed by atoms with Gasteiger partial charge in [-0.3, -0.25) is 14.2 Å². The number of amides is 1. The lowest BCUT2D eigenvalue weighted by atomic mass is 10.2. The number of thioether (sulfide) groups is 2. The average Bonchev–Trinajstić information content (AvgIpc) is 3.32. The number of benzene rings is 2. The monoisotopic (exact) mass is 485 g/mol. The van der Waals surface area contributed by atoms with Gasteiger partial charge < -0.3 is 19.5 Å². The molecule has 1 aliphatic rings. The number of fused-ring (bicyclic) bond motifs is 1. The van der Waals surface area contributed by atoms with E-state index in [1.165, 1.54) is 28.1 Å². The molecular formula is C23H23N3O5S2. The molecule has 2 aromatic carbocycles. The predicted molar refractivity (Wildman–Crippen MR) is 130 cm³/mol. The van der Waals surface area contributed by atoms with Crippen LogP contribution >= 0.6 is 23.5 Å². The summed E-state index contributed by atoms with van der Waals surface area (Å²) in [7, 11) is 4.69. The van der Waals surface area contributed by atoms with Crippen LogP contribution in [0.15, 0.2) is 57.3 Å². The molecule has 1 aromatic heterocycles. The Hall–Kier alpha value is -3.11. The summed E-state index contributed by atoms with van der Waals surface area (Å²) in [4.78, 5) is 31.4. The van der Waals surface area contributed by atoms with Gasteiger partial charge in [0.1, 0.15) is 17.2 Å². The highest BCUT2D eigenvalue weighted by atomic mass is 32.2. The van der Waals surface area contributed by atoms with E-state index in [9.17, 15) is 9.59 Å². The summed E-state index contributed by atoms with van der Waals surface area (Å²) in [6.07, 6.45) is 0.719. The highest BCUT2D eigenvalue weighted by Crippen LogP contribution is 2.33. The zero-order valence-electron chi connectivity index (χ0n) is 18.4. The van der Waals surface area contributed by atoms with E-state index in [2.05, 4.69) is 5.32 Å². The molecular weight excluding hydrogens is 462 g/mol. The third-order valence-electron chi connectivity index (χ3n) is 5.00. The molecule has 33 heavy (non-hydrogen) atoms. The maximum atomic E-state index is 13.4. The van der Waals surface area contributed by atoms with Crippen LogP contribution in [-0.2, 0) is 11.2 Å². The van der Waals surface area contributed by atoms with E-state index < -0.39 is 0 Å². The molecule has 0 saturated heterocycles. The van der Waals surface area contributed by atoms with Crippen LogP contribution in [0.4, 0.5) is 5.69 Å². The summed E-state index contributed by atoms with van der Waals surface area (Å²) >= 11 is 2.70. The van der Waals surface area contributed by atoms with Gasteiger partial charge in [-0.05, 0) is 36.4 Å². The zero-order valence-corrected chi connectivity index (χ0v) is 20.0. The van der Waals surface area contributed by atoms with Crippen molar-refractivity contribution >= 4 is 35.1 Å². The maximum absolute atomic E-state index is 13.4. The number of aromatic nitrogens is 2. The van der Waals surface area contributed by atoms with Crippen molar-refractivity contribution in [2.24, 2.45) is 0 Å². The van der Waals surface area contributed by atoms with Gasteiger partial charge in [-0.1, -0.05) is 11.8 Å². The van der Waals surface area contributed by atoms with Gasteiger partial charge in [-0.25, -0.2) is 4.98 Å². The van der Waals surface area contributed by atoms with Crippen molar-refractivity contribution in [3.63, 3.8) is 0 Å². The molecule has 172 valence electrons. The first-order valence-electron chi connectivity index (χ1n) is 10.1. The molecule has 1 aliphatic heterocycles. The molecule has 4 rings (SSSR count). The van der Waals surface area contributed by atoms with Crippen molar-refractivity contribution in [1.29, 1.82) is 0 Å². The second kappa shape index (κ2) is 10.2. The quantitative estimate of drug-likeness (QED) is 0.382. The molecule has 2 heterocycles. The zero-order chi connectivity index (χ0) is 23.4. The summed E-state index contributed by atoms with van der Waals surface area (Å²) < 4.78 is 17.5. The van der Waals surface area contributed by atoms with Crippen LogP contribution in [0.5, 0.6) is 17.2 Å². The van der Waals surface area contributed by atoms with Crippen LogP contribution in [-0.4, -0.2) is 48.3 Å². The molecule has 0 aliphatic carbocycles. The lowest BCUT2D eigenvalue weighted by Gasteiger charge is -2.17. The molecule has 3 aromatic rings. The fourth-order valence-electron chi connectivity index (χ4n) is 3.37. The van der Waals surface area contributed by atoms with Crippen LogP contribution in [0.1, 0.15) is 5.69 Å². The standard InChI is InChI=1S/C23H23N3O5S2/c1-29-15-6-4-14(5-7-15)24-20(27)13-33-23-25-17-10-11-32-21(17)22(28)26(23)18-12-16(30-2)8-9-19(18)31-3/h4-9,12H,10-11,13H2,1-3H3,(H,24,27). The van der Waals surface area contributed by atoms with Gasteiger partial charge in [-0.2, -0.15) is 0 Å². The van der Waals surface area contributed by atoms with Crippen molar-refractivity contribution in [2.75, 3.05) is 38.2 Å². The summed E-state index contributed by atoms with van der Waals surface area (Å²) in [5.74, 6) is 2.47. The van der Waals surface area contributed by atoms with E-state index in [-0.39, 0.29) is 17.2 Å². The van der Waals surface area contributed by atoms with Crippen LogP contribution in [0.25, 0.3) is 5.69 Å². The lowest BCUT2D eigenvalue weighted by Crippen LogP contribution is -2.25. The minimum atomic E-state index is -0.210. The number of aryl methyl sites for hydroxylation is 1. The molecule has 1 N–H and O–H groups in total. The van der Waals surface area contributed by atoms with Crippen LogP contribution in [0.3, 0.4) is 0 Å². The van der Waals surface area contributed by atoms with Crippen LogP contribution < -0.4 is 25.1 Å². The minimum Gasteiger partial charge on any atom is -0.497 e. The first kappa shape index (κ1) is 23.1. The average molecular weight is 486 g/mol. The number of hydrogen-bond acceptors (Lipinski definition) is 8. The number of carbonyl (C=O) groups is 1. The molecule has 1 amide bonds. The van der Waals surface area contributed by atoms with Crippen molar-refractivity contribution in [1.82, 2.24) is 9.55 Å². The van der Waals surface area contributed by atoms with Gasteiger partial charge >= 0.3 is 0 Å². The second-order valence-corrected chi connectivity index (χ2v) is 9.06. The number of nitrogens with one attached hydrogen (secondary N) is 1. The largest absolute Gasteiger partial charge is 0.497 e. The van der Waals surface area contributed by atoms with Crippen molar-refractivity contribution in [3.8, 4) is 22.9 Å². The van der Waals surface area contributed by atoms with Crippen LogP contribution in [0, 0.1) is 0 Å². The normalized spacial score (nSPS) is 12.2. The van der Waals surface area contributed by atoms with Crippen molar-refractivity contribution in [3.05, 3.63) is 58.5 Å². The predicted octanol–water partition coefficient (Wildman–Crippen LogP) is 3.64. The number of nitrogens with zero attached hydrogens (tertiary/aromatic N) is 2. The van der Waals surface area contributed by atoms with Gasteiger partial charge in [0.05, 0.1) is 43.4 Å². The molecule has 8 nitrogen and oxygen atoms in total. The number of carbonyl (C=O) groups excluding carboxylic acids is 1. The van der Waals surface area contributed by atoms with E-state index in [1.54, 1.807) is 63.8 Å². The molecule has 0 spiro atoms. The van der Waals surface area contributed by atoms with E-state index in [1.807, 2.05) is 0 Å². The van der Waals surface area contributed by atoms with E-state index >= 15 is 0 Å². The number of anilines is 1. The van der Waals surface area contributed by atoms with Gasteiger partial charge in [0.2, 0.25) is 5.91 Å². The van der Waals surface area contributed by atoms with Crippen molar-refractivity contribution < 1.29 is 19.0 Å². The van der Waals surface area contributed by atoms with E-state index in [0.29, 0.717) is 38.7 Å². The van der Waals surface area contributed by atoms with E-state index in [0.717, 1.165) is 17.9 Å². The van der Waals surface area contributed by atoms with Crippen molar-refractivity contribution in [2.45, 2.75) is 16.5 Å².